The van der Waals surface area contributed by atoms with E-state index in [1.165, 1.54) is 0 Å². The number of hydrogen-bond acceptors (Lipinski definition) is 4. The maximum atomic E-state index is 12.4. The number of hydrogen-bond donors (Lipinski definition) is 1. The van der Waals surface area contributed by atoms with Crippen molar-refractivity contribution in [2.75, 3.05) is 5.75 Å². The van der Waals surface area contributed by atoms with Crippen molar-refractivity contribution in [2.24, 2.45) is 5.92 Å². The Labute approximate surface area is 167 Å². The van der Waals surface area contributed by atoms with Crippen molar-refractivity contribution in [2.45, 2.75) is 51.3 Å². The lowest BCUT2D eigenvalue weighted by molar-refractivity contribution is -0.119. The number of amides is 1. The predicted molar refractivity (Wildman–Crippen MR) is 108 cm³/mol. The van der Waals surface area contributed by atoms with Gasteiger partial charge in [0.05, 0.1) is 11.4 Å². The molecule has 0 saturated heterocycles. The van der Waals surface area contributed by atoms with E-state index in [1.54, 1.807) is 19.1 Å². The molecule has 2 aromatic rings. The van der Waals surface area contributed by atoms with Crippen LogP contribution >= 0.6 is 11.6 Å². The van der Waals surface area contributed by atoms with Crippen LogP contribution in [0, 0.1) is 12.8 Å². The summed E-state index contributed by atoms with van der Waals surface area (Å²) in [5, 5.41) is 3.66. The van der Waals surface area contributed by atoms with Gasteiger partial charge in [0, 0.05) is 27.4 Å². The molecule has 0 bridgehead atoms. The molecule has 1 heterocycles. The number of aromatic nitrogens is 1. The summed E-state index contributed by atoms with van der Waals surface area (Å²) in [6.07, 6.45) is 4.29. The second-order valence-electron chi connectivity index (χ2n) is 7.28. The maximum Gasteiger partial charge on any atom is 0.232 e. The van der Waals surface area contributed by atoms with Gasteiger partial charge in [0.2, 0.25) is 11.8 Å². The minimum atomic E-state index is -1.33. The number of carbonyl (C=O) groups excluding carboxylic acids is 1. The third kappa shape index (κ3) is 5.66. The van der Waals surface area contributed by atoms with Gasteiger partial charge in [-0.25, -0.2) is 4.98 Å². The van der Waals surface area contributed by atoms with Crippen molar-refractivity contribution in [3.05, 3.63) is 40.7 Å². The average Bonchev–Trinajstić information content (AvgIpc) is 2.98. The quantitative estimate of drug-likeness (QED) is 0.775. The number of halogens is 1. The monoisotopic (exact) mass is 408 g/mol. The van der Waals surface area contributed by atoms with Gasteiger partial charge in [0.1, 0.15) is 11.5 Å². The van der Waals surface area contributed by atoms with E-state index >= 15 is 0 Å². The van der Waals surface area contributed by atoms with Gasteiger partial charge in [-0.05, 0) is 62.8 Å². The average molecular weight is 409 g/mol. The Hall–Kier alpha value is -1.66. The predicted octanol–water partition coefficient (Wildman–Crippen LogP) is 4.25. The summed E-state index contributed by atoms with van der Waals surface area (Å²) in [5.74, 6) is 1.88. The standard InChI is InChI=1S/C20H25ClN2O3S/c1-13-3-9-17(10-4-13)22-19(24)12-27(25)11-18-14(2)26-20(23-18)15-5-7-16(21)8-6-15/h5-8,13,17H,3-4,9-12H2,1-2H3,(H,22,24)/t13?,17?,27-/m0/s1. The Kier molecular flexibility index (Phi) is 6.71. The SMILES string of the molecule is Cc1oc(-c2ccc(Cl)cc2)nc1C[S@](=O)CC(=O)NC1CCC(C)CC1. The number of nitrogens with one attached hydrogen (secondary N) is 1. The number of benzene rings is 1. The van der Waals surface area contributed by atoms with E-state index in [9.17, 15) is 9.00 Å². The van der Waals surface area contributed by atoms with Crippen molar-refractivity contribution < 1.29 is 13.4 Å². The highest BCUT2D eigenvalue weighted by molar-refractivity contribution is 7.84. The molecule has 1 saturated carbocycles. The van der Waals surface area contributed by atoms with Gasteiger partial charge in [-0.3, -0.25) is 9.00 Å². The lowest BCUT2D eigenvalue weighted by Crippen LogP contribution is -2.39. The molecule has 0 unspecified atom stereocenters. The summed E-state index contributed by atoms with van der Waals surface area (Å²) in [6.45, 7) is 4.04. The fourth-order valence-electron chi connectivity index (χ4n) is 3.30. The zero-order chi connectivity index (χ0) is 19.4. The van der Waals surface area contributed by atoms with Crippen LogP contribution in [-0.4, -0.2) is 26.9 Å². The van der Waals surface area contributed by atoms with E-state index in [0.29, 0.717) is 22.4 Å². The van der Waals surface area contributed by atoms with E-state index in [-0.39, 0.29) is 23.5 Å². The van der Waals surface area contributed by atoms with Crippen LogP contribution in [0.3, 0.4) is 0 Å². The third-order valence-corrected chi connectivity index (χ3v) is 6.39. The van der Waals surface area contributed by atoms with E-state index in [2.05, 4.69) is 17.2 Å². The van der Waals surface area contributed by atoms with Gasteiger partial charge in [-0.2, -0.15) is 0 Å². The second-order valence-corrected chi connectivity index (χ2v) is 9.18. The van der Waals surface area contributed by atoms with Crippen LogP contribution in [0.15, 0.2) is 28.7 Å². The van der Waals surface area contributed by atoms with E-state index in [4.69, 9.17) is 16.0 Å². The van der Waals surface area contributed by atoms with Crippen LogP contribution in [0.4, 0.5) is 0 Å². The molecule has 7 heteroatoms. The Morgan fingerprint density at radius 3 is 2.59 bits per heavy atom. The molecule has 5 nitrogen and oxygen atoms in total. The van der Waals surface area contributed by atoms with Crippen molar-refractivity contribution in [1.82, 2.24) is 10.3 Å². The summed E-state index contributed by atoms with van der Waals surface area (Å²) in [5.41, 5.74) is 1.43. The second kappa shape index (κ2) is 9.02. The normalized spacial score (nSPS) is 21.0. The first-order valence-electron chi connectivity index (χ1n) is 9.27. The molecule has 1 amide bonds. The molecule has 1 aromatic heterocycles. The number of carbonyl (C=O) groups is 1. The summed E-state index contributed by atoms with van der Waals surface area (Å²) in [6, 6.07) is 7.41. The summed E-state index contributed by atoms with van der Waals surface area (Å²) in [4.78, 5) is 16.6. The molecule has 3 rings (SSSR count). The molecule has 1 aliphatic carbocycles. The van der Waals surface area contributed by atoms with Crippen LogP contribution in [0.25, 0.3) is 11.5 Å². The van der Waals surface area contributed by atoms with Gasteiger partial charge < -0.3 is 9.73 Å². The minimum Gasteiger partial charge on any atom is -0.441 e. The largest absolute Gasteiger partial charge is 0.441 e. The molecule has 0 aliphatic heterocycles. The van der Waals surface area contributed by atoms with Gasteiger partial charge >= 0.3 is 0 Å². The van der Waals surface area contributed by atoms with Crippen LogP contribution < -0.4 is 5.32 Å². The molecule has 1 aromatic carbocycles. The summed E-state index contributed by atoms with van der Waals surface area (Å²) < 4.78 is 18.1. The fourth-order valence-corrected chi connectivity index (χ4v) is 4.48. The van der Waals surface area contributed by atoms with E-state index < -0.39 is 10.8 Å². The minimum absolute atomic E-state index is 0.00533. The van der Waals surface area contributed by atoms with Gasteiger partial charge in [0.25, 0.3) is 0 Å². The van der Waals surface area contributed by atoms with Crippen molar-refractivity contribution >= 4 is 28.3 Å². The first kappa shape index (κ1) is 20.1. The molecule has 1 N–H and O–H groups in total. The zero-order valence-corrected chi connectivity index (χ0v) is 17.2. The Morgan fingerprint density at radius 1 is 1.26 bits per heavy atom. The molecule has 1 atom stereocenters. The molecular weight excluding hydrogens is 384 g/mol. The number of nitrogens with zero attached hydrogens (tertiary/aromatic N) is 1. The highest BCUT2D eigenvalue weighted by atomic mass is 35.5. The van der Waals surface area contributed by atoms with Crippen LogP contribution in [0.1, 0.15) is 44.1 Å². The van der Waals surface area contributed by atoms with Crippen LogP contribution in [0.2, 0.25) is 5.02 Å². The Bertz CT molecular complexity index is 811. The Morgan fingerprint density at radius 2 is 1.93 bits per heavy atom. The highest BCUT2D eigenvalue weighted by Gasteiger charge is 2.21. The molecule has 146 valence electrons. The van der Waals surface area contributed by atoms with Crippen molar-refractivity contribution in [3.63, 3.8) is 0 Å². The van der Waals surface area contributed by atoms with E-state index in [1.807, 2.05) is 12.1 Å². The molecule has 0 spiro atoms. The Balaban J connectivity index is 1.54. The highest BCUT2D eigenvalue weighted by Crippen LogP contribution is 2.25. The maximum absolute atomic E-state index is 12.4. The molecule has 1 fully saturated rings. The molecule has 1 aliphatic rings. The fraction of sp³-hybridized carbons (Fsp3) is 0.500. The first-order valence-corrected chi connectivity index (χ1v) is 11.1. The van der Waals surface area contributed by atoms with Gasteiger partial charge in [0.15, 0.2) is 0 Å². The number of aryl methyl sites for hydroxylation is 1. The molecule has 27 heavy (non-hydrogen) atoms. The van der Waals surface area contributed by atoms with E-state index in [0.717, 1.165) is 37.2 Å². The van der Waals surface area contributed by atoms with Crippen molar-refractivity contribution in [3.8, 4) is 11.5 Å². The van der Waals surface area contributed by atoms with Gasteiger partial charge in [-0.1, -0.05) is 18.5 Å². The topological polar surface area (TPSA) is 72.2 Å². The summed E-state index contributed by atoms with van der Waals surface area (Å²) >= 11 is 5.90. The molecular formula is C20H25ClN2O3S. The number of rotatable bonds is 6. The first-order chi connectivity index (χ1) is 12.9. The molecule has 0 radical (unpaired) electrons. The lowest BCUT2D eigenvalue weighted by atomic mass is 9.87. The van der Waals surface area contributed by atoms with Crippen molar-refractivity contribution in [1.29, 1.82) is 0 Å². The summed E-state index contributed by atoms with van der Waals surface area (Å²) in [7, 11) is -1.33. The smallest absolute Gasteiger partial charge is 0.232 e. The number of oxazole rings is 1. The lowest BCUT2D eigenvalue weighted by Gasteiger charge is -2.26. The van der Waals surface area contributed by atoms with Gasteiger partial charge in [-0.15, -0.1) is 0 Å². The van der Waals surface area contributed by atoms with Crippen LogP contribution in [0.5, 0.6) is 0 Å². The third-order valence-electron chi connectivity index (χ3n) is 4.95. The zero-order valence-electron chi connectivity index (χ0n) is 15.7. The van der Waals surface area contributed by atoms with Crippen LogP contribution in [-0.2, 0) is 21.3 Å².